The van der Waals surface area contributed by atoms with Crippen molar-refractivity contribution in [3.63, 3.8) is 0 Å². The molecular formula is C14H18N2O2. The van der Waals surface area contributed by atoms with Crippen molar-refractivity contribution in [1.82, 2.24) is 0 Å². The summed E-state index contributed by atoms with van der Waals surface area (Å²) in [5.41, 5.74) is 1.45. The molecule has 0 aliphatic rings. The predicted octanol–water partition coefficient (Wildman–Crippen LogP) is 2.77. The summed E-state index contributed by atoms with van der Waals surface area (Å²) in [6.45, 7) is 4.00. The van der Waals surface area contributed by atoms with E-state index in [0.717, 1.165) is 5.69 Å². The highest BCUT2D eigenvalue weighted by atomic mass is 16.4. The summed E-state index contributed by atoms with van der Waals surface area (Å²) in [5.74, 6) is -1.21. The molecule has 0 spiro atoms. The maximum atomic E-state index is 10.6. The fraction of sp³-hybridized carbons (Fsp3) is 0.286. The van der Waals surface area contributed by atoms with Gasteiger partial charge in [-0.25, -0.2) is 4.79 Å². The van der Waals surface area contributed by atoms with Gasteiger partial charge < -0.3 is 10.0 Å². The molecule has 1 rings (SSSR count). The highest BCUT2D eigenvalue weighted by molar-refractivity contribution is 5.96. The number of carboxylic acid groups (broad SMARTS) is 1. The third-order valence-corrected chi connectivity index (χ3v) is 2.07. The average molecular weight is 246 g/mol. The van der Waals surface area contributed by atoms with Gasteiger partial charge in [-0.2, -0.15) is 5.26 Å². The Morgan fingerprint density at radius 2 is 1.78 bits per heavy atom. The van der Waals surface area contributed by atoms with Crippen molar-refractivity contribution in [2.24, 2.45) is 0 Å². The Morgan fingerprint density at radius 1 is 1.28 bits per heavy atom. The molecule has 0 aromatic heterocycles. The molecule has 1 N–H and O–H groups in total. The summed E-state index contributed by atoms with van der Waals surface area (Å²) < 4.78 is 0. The molecule has 0 saturated heterocycles. The van der Waals surface area contributed by atoms with Crippen LogP contribution in [0.2, 0.25) is 0 Å². The second-order valence-corrected chi connectivity index (χ2v) is 3.46. The number of hydrogen-bond acceptors (Lipinski definition) is 3. The molecule has 0 aliphatic carbocycles. The van der Waals surface area contributed by atoms with Crippen LogP contribution in [0.4, 0.5) is 5.69 Å². The number of carboxylic acids is 1. The van der Waals surface area contributed by atoms with Gasteiger partial charge in [0.05, 0.1) is 0 Å². The van der Waals surface area contributed by atoms with Crippen LogP contribution in [0.15, 0.2) is 29.8 Å². The monoisotopic (exact) mass is 246 g/mol. The summed E-state index contributed by atoms with van der Waals surface area (Å²) in [6.07, 6.45) is 1.35. The maximum Gasteiger partial charge on any atom is 0.346 e. The first-order valence-corrected chi connectivity index (χ1v) is 5.67. The van der Waals surface area contributed by atoms with E-state index in [9.17, 15) is 4.79 Å². The van der Waals surface area contributed by atoms with Crippen molar-refractivity contribution < 1.29 is 9.90 Å². The molecular weight excluding hydrogens is 228 g/mol. The number of anilines is 1. The van der Waals surface area contributed by atoms with Crippen LogP contribution in [-0.4, -0.2) is 25.2 Å². The van der Waals surface area contributed by atoms with Crippen LogP contribution in [0.1, 0.15) is 19.4 Å². The Kier molecular flexibility index (Phi) is 6.91. The van der Waals surface area contributed by atoms with Crippen molar-refractivity contribution in [1.29, 1.82) is 5.26 Å². The van der Waals surface area contributed by atoms with E-state index in [0.29, 0.717) is 5.56 Å². The average Bonchev–Trinajstić information content (AvgIpc) is 2.38. The summed E-state index contributed by atoms with van der Waals surface area (Å²) in [4.78, 5) is 12.6. The quantitative estimate of drug-likeness (QED) is 0.658. The van der Waals surface area contributed by atoms with E-state index in [2.05, 4.69) is 0 Å². The van der Waals surface area contributed by atoms with Gasteiger partial charge in [-0.05, 0) is 23.8 Å². The Balaban J connectivity index is 0.00000137. The van der Waals surface area contributed by atoms with Gasteiger partial charge in [0, 0.05) is 19.8 Å². The van der Waals surface area contributed by atoms with Gasteiger partial charge in [0.1, 0.15) is 11.6 Å². The van der Waals surface area contributed by atoms with Crippen LogP contribution in [0.25, 0.3) is 6.08 Å². The molecule has 0 aliphatic heterocycles. The summed E-state index contributed by atoms with van der Waals surface area (Å²) in [7, 11) is 3.84. The first kappa shape index (κ1) is 15.7. The Bertz CT molecular complexity index is 454. The molecule has 1 aromatic carbocycles. The molecule has 0 unspecified atom stereocenters. The van der Waals surface area contributed by atoms with Crippen molar-refractivity contribution in [2.75, 3.05) is 19.0 Å². The largest absolute Gasteiger partial charge is 0.477 e. The van der Waals surface area contributed by atoms with Crippen molar-refractivity contribution in [3.8, 4) is 6.07 Å². The fourth-order valence-electron chi connectivity index (χ4n) is 1.18. The lowest BCUT2D eigenvalue weighted by molar-refractivity contribution is -0.132. The molecule has 18 heavy (non-hydrogen) atoms. The van der Waals surface area contributed by atoms with Gasteiger partial charge >= 0.3 is 5.97 Å². The zero-order chi connectivity index (χ0) is 14.1. The highest BCUT2D eigenvalue weighted by Crippen LogP contribution is 2.14. The normalized spacial score (nSPS) is 9.83. The minimum Gasteiger partial charge on any atom is -0.477 e. The van der Waals surface area contributed by atoms with E-state index < -0.39 is 5.97 Å². The topological polar surface area (TPSA) is 64.3 Å². The van der Waals surface area contributed by atoms with E-state index in [4.69, 9.17) is 10.4 Å². The molecule has 0 bridgehead atoms. The first-order valence-electron chi connectivity index (χ1n) is 5.67. The van der Waals surface area contributed by atoms with E-state index >= 15 is 0 Å². The molecule has 0 atom stereocenters. The number of nitriles is 1. The van der Waals surface area contributed by atoms with Crippen molar-refractivity contribution in [2.45, 2.75) is 13.8 Å². The molecule has 0 heterocycles. The van der Waals surface area contributed by atoms with Crippen molar-refractivity contribution >= 4 is 17.7 Å². The zero-order valence-electron chi connectivity index (χ0n) is 11.1. The highest BCUT2D eigenvalue weighted by Gasteiger charge is 2.05. The van der Waals surface area contributed by atoms with Crippen LogP contribution < -0.4 is 4.90 Å². The van der Waals surface area contributed by atoms with Crippen LogP contribution in [0.5, 0.6) is 0 Å². The molecule has 4 heteroatoms. The van der Waals surface area contributed by atoms with Crippen molar-refractivity contribution in [3.05, 3.63) is 35.4 Å². The number of aliphatic carboxylic acids is 1. The van der Waals surface area contributed by atoms with Gasteiger partial charge in [0.25, 0.3) is 0 Å². The third-order valence-electron chi connectivity index (χ3n) is 2.07. The molecule has 0 radical (unpaired) electrons. The predicted molar refractivity (Wildman–Crippen MR) is 73.3 cm³/mol. The van der Waals surface area contributed by atoms with Gasteiger partial charge in [-0.3, -0.25) is 0 Å². The number of benzene rings is 1. The molecule has 96 valence electrons. The van der Waals surface area contributed by atoms with Gasteiger partial charge in [-0.1, -0.05) is 26.0 Å². The van der Waals surface area contributed by atoms with Crippen LogP contribution in [0, 0.1) is 11.3 Å². The van der Waals surface area contributed by atoms with Gasteiger partial charge in [0.15, 0.2) is 0 Å². The number of hydrogen-bond donors (Lipinski definition) is 1. The minimum absolute atomic E-state index is 0.266. The second-order valence-electron chi connectivity index (χ2n) is 3.46. The Hall–Kier alpha value is -2.28. The molecule has 0 amide bonds. The van der Waals surface area contributed by atoms with E-state index in [1.807, 2.05) is 45.0 Å². The summed E-state index contributed by atoms with van der Waals surface area (Å²) in [6, 6.07) is 8.91. The van der Waals surface area contributed by atoms with E-state index in [1.54, 1.807) is 18.2 Å². The second kappa shape index (κ2) is 7.91. The number of rotatable bonds is 3. The standard InChI is InChI=1S/C12H12N2O2.C2H6/c1-14(2)11-5-3-9(4-6-11)7-10(8-13)12(15)16;1-2/h3-7H,1-2H3,(H,15,16);1-2H3/b10-7+;. The first-order chi connectivity index (χ1) is 8.54. The fourth-order valence-corrected chi connectivity index (χ4v) is 1.18. The molecule has 0 fully saturated rings. The smallest absolute Gasteiger partial charge is 0.346 e. The number of carbonyl (C=O) groups is 1. The Morgan fingerprint density at radius 3 is 2.11 bits per heavy atom. The molecule has 4 nitrogen and oxygen atoms in total. The molecule has 0 saturated carbocycles. The molecule has 1 aromatic rings. The lowest BCUT2D eigenvalue weighted by atomic mass is 10.1. The Labute approximate surface area is 108 Å². The van der Waals surface area contributed by atoms with Crippen LogP contribution in [-0.2, 0) is 4.79 Å². The van der Waals surface area contributed by atoms with E-state index in [1.165, 1.54) is 6.08 Å². The van der Waals surface area contributed by atoms with Crippen LogP contribution in [0.3, 0.4) is 0 Å². The lowest BCUT2D eigenvalue weighted by Crippen LogP contribution is -2.08. The van der Waals surface area contributed by atoms with Gasteiger partial charge in [-0.15, -0.1) is 0 Å². The summed E-state index contributed by atoms with van der Waals surface area (Å²) in [5, 5.41) is 17.3. The number of nitrogens with zero attached hydrogens (tertiary/aromatic N) is 2. The zero-order valence-corrected chi connectivity index (χ0v) is 11.1. The van der Waals surface area contributed by atoms with Gasteiger partial charge in [0.2, 0.25) is 0 Å². The maximum absolute atomic E-state index is 10.6. The summed E-state index contributed by atoms with van der Waals surface area (Å²) >= 11 is 0. The van der Waals surface area contributed by atoms with E-state index in [-0.39, 0.29) is 5.57 Å². The lowest BCUT2D eigenvalue weighted by Gasteiger charge is -2.11. The SMILES string of the molecule is CC.CN(C)c1ccc(/C=C(\C#N)C(=O)O)cc1. The third kappa shape index (κ3) is 4.71. The van der Waals surface area contributed by atoms with Crippen LogP contribution >= 0.6 is 0 Å². The minimum atomic E-state index is -1.21.